The number of carbonyl (C=O) groups excluding carboxylic acids is 1. The minimum atomic E-state index is -0.866. The summed E-state index contributed by atoms with van der Waals surface area (Å²) < 4.78 is 13.6. The highest BCUT2D eigenvalue weighted by atomic mass is 79.9. The fourth-order valence-electron chi connectivity index (χ4n) is 2.45. The van der Waals surface area contributed by atoms with E-state index in [4.69, 9.17) is 5.11 Å². The van der Waals surface area contributed by atoms with E-state index in [1.807, 2.05) is 0 Å². The van der Waals surface area contributed by atoms with Gasteiger partial charge in [-0.2, -0.15) is 0 Å². The second-order valence-corrected chi connectivity index (χ2v) is 6.29. The van der Waals surface area contributed by atoms with E-state index < -0.39 is 5.97 Å². The van der Waals surface area contributed by atoms with Crippen molar-refractivity contribution in [3.8, 4) is 0 Å². The predicted molar refractivity (Wildman–Crippen MR) is 83.3 cm³/mol. The maximum absolute atomic E-state index is 13.2. The Kier molecular flexibility index (Phi) is 5.76. The molecular weight excluding hydrogens is 355 g/mol. The Labute approximate surface area is 136 Å². The van der Waals surface area contributed by atoms with E-state index in [-0.39, 0.29) is 24.3 Å². The van der Waals surface area contributed by atoms with Gasteiger partial charge in [0.2, 0.25) is 0 Å². The summed E-state index contributed by atoms with van der Waals surface area (Å²) in [5.41, 5.74) is 1.06. The van der Waals surface area contributed by atoms with Crippen LogP contribution in [0.4, 0.5) is 9.18 Å². The van der Waals surface area contributed by atoms with Crippen LogP contribution in [0.15, 0.2) is 22.7 Å². The molecule has 1 aromatic carbocycles. The Morgan fingerprint density at radius 2 is 2.09 bits per heavy atom. The van der Waals surface area contributed by atoms with Gasteiger partial charge in [0.05, 0.1) is 4.47 Å². The number of carboxylic acid groups (broad SMARTS) is 1. The molecule has 0 heterocycles. The van der Waals surface area contributed by atoms with Crippen LogP contribution in [0.1, 0.15) is 37.2 Å². The topological polar surface area (TPSA) is 78.4 Å². The Morgan fingerprint density at radius 1 is 1.36 bits per heavy atom. The Morgan fingerprint density at radius 3 is 2.73 bits per heavy atom. The van der Waals surface area contributed by atoms with Crippen molar-refractivity contribution in [3.63, 3.8) is 0 Å². The lowest BCUT2D eigenvalue weighted by Gasteiger charge is -2.36. The third-order valence-electron chi connectivity index (χ3n) is 3.74. The molecule has 0 spiro atoms. The average Bonchev–Trinajstić information content (AvgIpc) is 2.41. The summed E-state index contributed by atoms with van der Waals surface area (Å²) in [6.07, 6.45) is 2.10. The molecule has 3 N–H and O–H groups in total. The van der Waals surface area contributed by atoms with Crippen LogP contribution in [0.5, 0.6) is 0 Å². The molecule has 0 atom stereocenters. The number of halogens is 2. The molecule has 2 amide bonds. The molecule has 0 bridgehead atoms. The van der Waals surface area contributed by atoms with E-state index in [2.05, 4.69) is 26.6 Å². The highest BCUT2D eigenvalue weighted by molar-refractivity contribution is 9.10. The third-order valence-corrected chi connectivity index (χ3v) is 4.35. The zero-order valence-electron chi connectivity index (χ0n) is 11.9. The van der Waals surface area contributed by atoms with Gasteiger partial charge in [0, 0.05) is 19.0 Å². The van der Waals surface area contributed by atoms with Crippen molar-refractivity contribution in [2.24, 2.45) is 0 Å². The minimum Gasteiger partial charge on any atom is -0.481 e. The summed E-state index contributed by atoms with van der Waals surface area (Å²) in [5, 5.41) is 14.0. The van der Waals surface area contributed by atoms with Crippen LogP contribution in [0.3, 0.4) is 0 Å². The average molecular weight is 373 g/mol. The van der Waals surface area contributed by atoms with Crippen LogP contribution in [-0.4, -0.2) is 29.7 Å². The summed E-state index contributed by atoms with van der Waals surface area (Å²) in [7, 11) is 0. The first-order chi connectivity index (χ1) is 10.5. The Balaban J connectivity index is 1.67. The lowest BCUT2D eigenvalue weighted by molar-refractivity contribution is -0.137. The molecule has 1 aliphatic rings. The number of benzene rings is 1. The maximum atomic E-state index is 13.2. The highest BCUT2D eigenvalue weighted by Gasteiger charge is 2.31. The molecule has 1 saturated carbocycles. The number of nitrogens with one attached hydrogen (secondary N) is 2. The van der Waals surface area contributed by atoms with Gasteiger partial charge < -0.3 is 15.7 Å². The summed E-state index contributed by atoms with van der Waals surface area (Å²) in [5.74, 6) is -0.817. The normalized spacial score (nSPS) is 20.1. The molecule has 0 aromatic heterocycles. The van der Waals surface area contributed by atoms with Gasteiger partial charge in [-0.1, -0.05) is 6.07 Å². The standard InChI is InChI=1S/C15H18BrFN2O3/c16-12-8-9(3-4-13(12)17)10-6-11(7-10)19-15(22)18-5-1-2-14(20)21/h3-4,8,10-11H,1-2,5-7H2,(H,20,21)(H2,18,19,22). The molecule has 7 heteroatoms. The number of carboxylic acids is 1. The molecule has 5 nitrogen and oxygen atoms in total. The molecule has 0 saturated heterocycles. The monoisotopic (exact) mass is 372 g/mol. The van der Waals surface area contributed by atoms with E-state index in [0.29, 0.717) is 23.4 Å². The lowest BCUT2D eigenvalue weighted by Crippen LogP contribution is -2.47. The van der Waals surface area contributed by atoms with E-state index in [9.17, 15) is 14.0 Å². The van der Waals surface area contributed by atoms with Gasteiger partial charge >= 0.3 is 12.0 Å². The molecular formula is C15H18BrFN2O3. The first-order valence-corrected chi connectivity index (χ1v) is 7.96. The molecule has 1 aliphatic carbocycles. The maximum Gasteiger partial charge on any atom is 0.315 e. The molecule has 120 valence electrons. The zero-order chi connectivity index (χ0) is 16.1. The fourth-order valence-corrected chi connectivity index (χ4v) is 2.85. The number of urea groups is 1. The summed E-state index contributed by atoms with van der Waals surface area (Å²) in [4.78, 5) is 21.9. The quantitative estimate of drug-likeness (QED) is 0.671. The van der Waals surface area contributed by atoms with Gasteiger partial charge in [-0.05, 0) is 58.8 Å². The molecule has 1 fully saturated rings. The number of carbonyl (C=O) groups is 2. The van der Waals surface area contributed by atoms with Crippen LogP contribution in [-0.2, 0) is 4.79 Å². The number of hydrogen-bond acceptors (Lipinski definition) is 2. The van der Waals surface area contributed by atoms with Gasteiger partial charge in [0.25, 0.3) is 0 Å². The SMILES string of the molecule is O=C(O)CCCNC(=O)NC1CC(c2ccc(F)c(Br)c2)C1. The highest BCUT2D eigenvalue weighted by Crippen LogP contribution is 2.38. The predicted octanol–water partition coefficient (Wildman–Crippen LogP) is 3.00. The van der Waals surface area contributed by atoms with Crippen LogP contribution in [0, 0.1) is 5.82 Å². The second kappa shape index (κ2) is 7.58. The van der Waals surface area contributed by atoms with Crippen LogP contribution in [0.25, 0.3) is 0 Å². The smallest absolute Gasteiger partial charge is 0.315 e. The van der Waals surface area contributed by atoms with E-state index in [1.165, 1.54) is 6.07 Å². The van der Waals surface area contributed by atoms with Gasteiger partial charge in [-0.15, -0.1) is 0 Å². The largest absolute Gasteiger partial charge is 0.481 e. The summed E-state index contributed by atoms with van der Waals surface area (Å²) >= 11 is 3.17. The van der Waals surface area contributed by atoms with E-state index in [0.717, 1.165) is 18.4 Å². The summed E-state index contributed by atoms with van der Waals surface area (Å²) in [6, 6.07) is 4.83. The lowest BCUT2D eigenvalue weighted by atomic mass is 9.76. The number of amides is 2. The van der Waals surface area contributed by atoms with Crippen LogP contribution >= 0.6 is 15.9 Å². The summed E-state index contributed by atoms with van der Waals surface area (Å²) in [6.45, 7) is 0.346. The fraction of sp³-hybridized carbons (Fsp3) is 0.467. The van der Waals surface area contributed by atoms with Crippen molar-refractivity contribution in [2.45, 2.75) is 37.6 Å². The second-order valence-electron chi connectivity index (χ2n) is 5.44. The first kappa shape index (κ1) is 16.7. The zero-order valence-corrected chi connectivity index (χ0v) is 13.5. The molecule has 0 unspecified atom stereocenters. The van der Waals surface area contributed by atoms with Crippen molar-refractivity contribution in [1.29, 1.82) is 0 Å². The minimum absolute atomic E-state index is 0.0469. The van der Waals surface area contributed by atoms with E-state index >= 15 is 0 Å². The van der Waals surface area contributed by atoms with Crippen LogP contribution in [0.2, 0.25) is 0 Å². The Bertz CT molecular complexity index is 562. The molecule has 1 aromatic rings. The number of hydrogen-bond donors (Lipinski definition) is 3. The number of rotatable bonds is 6. The Hall–Kier alpha value is -1.63. The first-order valence-electron chi connectivity index (χ1n) is 7.17. The van der Waals surface area contributed by atoms with Crippen molar-refractivity contribution < 1.29 is 19.1 Å². The number of aliphatic carboxylic acids is 1. The van der Waals surface area contributed by atoms with E-state index in [1.54, 1.807) is 12.1 Å². The van der Waals surface area contributed by atoms with Gasteiger partial charge in [0.15, 0.2) is 0 Å². The van der Waals surface area contributed by atoms with Crippen molar-refractivity contribution >= 4 is 27.9 Å². The molecule has 0 aliphatic heterocycles. The van der Waals surface area contributed by atoms with Crippen LogP contribution < -0.4 is 10.6 Å². The molecule has 22 heavy (non-hydrogen) atoms. The molecule has 2 rings (SSSR count). The van der Waals surface area contributed by atoms with Crippen molar-refractivity contribution in [2.75, 3.05) is 6.54 Å². The van der Waals surface area contributed by atoms with Crippen molar-refractivity contribution in [3.05, 3.63) is 34.1 Å². The third kappa shape index (κ3) is 4.69. The molecule has 0 radical (unpaired) electrons. The van der Waals surface area contributed by atoms with Gasteiger partial charge in [-0.3, -0.25) is 4.79 Å². The van der Waals surface area contributed by atoms with Gasteiger partial charge in [-0.25, -0.2) is 9.18 Å². The van der Waals surface area contributed by atoms with Crippen molar-refractivity contribution in [1.82, 2.24) is 10.6 Å². The van der Waals surface area contributed by atoms with Gasteiger partial charge in [0.1, 0.15) is 5.82 Å².